The van der Waals surface area contributed by atoms with Gasteiger partial charge in [-0.25, -0.2) is 0 Å². The van der Waals surface area contributed by atoms with Gasteiger partial charge in [-0.15, -0.1) is 0 Å². The van der Waals surface area contributed by atoms with Gasteiger partial charge >= 0.3 is 0 Å². The molecule has 0 atom stereocenters. The summed E-state index contributed by atoms with van der Waals surface area (Å²) in [6.45, 7) is 10.4. The van der Waals surface area contributed by atoms with Crippen LogP contribution in [0.4, 0.5) is 5.69 Å². The third-order valence-electron chi connectivity index (χ3n) is 4.56. The summed E-state index contributed by atoms with van der Waals surface area (Å²) in [5, 5.41) is 10.3. The Morgan fingerprint density at radius 1 is 0.967 bits per heavy atom. The molecule has 0 fully saturated rings. The quantitative estimate of drug-likeness (QED) is 0.665. The molecule has 0 aliphatic rings. The van der Waals surface area contributed by atoms with Crippen molar-refractivity contribution in [1.82, 2.24) is 15.1 Å². The molecule has 0 aliphatic heterocycles. The summed E-state index contributed by atoms with van der Waals surface area (Å²) in [7, 11) is 0. The normalized spacial score (nSPS) is 11.2. The summed E-state index contributed by atoms with van der Waals surface area (Å²) < 4.78 is 1.94. The van der Waals surface area contributed by atoms with Gasteiger partial charge in [-0.2, -0.15) is 5.10 Å². The number of para-hydroxylation sites is 1. The summed E-state index contributed by atoms with van der Waals surface area (Å²) in [5.74, 6) is -0.484. The zero-order chi connectivity index (χ0) is 21.9. The van der Waals surface area contributed by atoms with Crippen LogP contribution in [0.25, 0.3) is 0 Å². The van der Waals surface area contributed by atoms with Gasteiger partial charge in [0.2, 0.25) is 0 Å². The van der Waals surface area contributed by atoms with Crippen molar-refractivity contribution in [3.8, 4) is 0 Å². The minimum absolute atomic E-state index is 0.223. The first kappa shape index (κ1) is 21.3. The minimum atomic E-state index is -0.366. The van der Waals surface area contributed by atoms with Crippen molar-refractivity contribution in [3.63, 3.8) is 0 Å². The fourth-order valence-electron chi connectivity index (χ4n) is 3.16. The van der Waals surface area contributed by atoms with Crippen molar-refractivity contribution in [2.75, 3.05) is 5.32 Å². The molecule has 6 nitrogen and oxygen atoms in total. The molecule has 3 rings (SSSR count). The number of benzene rings is 2. The topological polar surface area (TPSA) is 76.0 Å². The predicted octanol–water partition coefficient (Wildman–Crippen LogP) is 4.33. The number of nitrogens with zero attached hydrogens (tertiary/aromatic N) is 2. The summed E-state index contributed by atoms with van der Waals surface area (Å²) >= 11 is 0. The van der Waals surface area contributed by atoms with Crippen molar-refractivity contribution in [2.24, 2.45) is 0 Å². The van der Waals surface area contributed by atoms with E-state index in [1.54, 1.807) is 36.4 Å². The SMILES string of the molecule is Cc1cc(C)n(Cc2ccc(C(=O)Nc3ccccc3C(=O)NC(C)(C)C)cc2)n1. The van der Waals surface area contributed by atoms with Gasteiger partial charge in [-0.3, -0.25) is 14.3 Å². The van der Waals surface area contributed by atoms with Crippen molar-refractivity contribution < 1.29 is 9.59 Å². The number of amides is 2. The van der Waals surface area contributed by atoms with Crippen LogP contribution >= 0.6 is 0 Å². The van der Waals surface area contributed by atoms with Crippen molar-refractivity contribution in [1.29, 1.82) is 0 Å². The van der Waals surface area contributed by atoms with Crippen molar-refractivity contribution in [2.45, 2.75) is 46.7 Å². The van der Waals surface area contributed by atoms with Crippen LogP contribution < -0.4 is 10.6 Å². The van der Waals surface area contributed by atoms with Gasteiger partial charge in [0.15, 0.2) is 0 Å². The average Bonchev–Trinajstić information content (AvgIpc) is 2.98. The van der Waals surface area contributed by atoms with E-state index >= 15 is 0 Å². The molecule has 0 spiro atoms. The average molecular weight is 405 g/mol. The number of aromatic nitrogens is 2. The molecule has 2 aromatic carbocycles. The van der Waals surface area contributed by atoms with E-state index in [0.29, 0.717) is 23.4 Å². The Kier molecular flexibility index (Phi) is 6.06. The molecule has 1 aromatic heterocycles. The van der Waals surface area contributed by atoms with Gasteiger partial charge in [0.25, 0.3) is 11.8 Å². The molecule has 0 aliphatic carbocycles. The number of hydrogen-bond acceptors (Lipinski definition) is 3. The molecule has 6 heteroatoms. The molecule has 1 heterocycles. The van der Waals surface area contributed by atoms with Gasteiger partial charge in [0, 0.05) is 16.8 Å². The van der Waals surface area contributed by atoms with Gasteiger partial charge in [0.1, 0.15) is 0 Å². The molecule has 0 unspecified atom stereocenters. The van der Waals surface area contributed by atoms with E-state index in [0.717, 1.165) is 17.0 Å². The Bertz CT molecular complexity index is 1060. The molecule has 2 N–H and O–H groups in total. The summed E-state index contributed by atoms with van der Waals surface area (Å²) in [4.78, 5) is 25.3. The first-order valence-corrected chi connectivity index (χ1v) is 9.95. The number of rotatable bonds is 5. The lowest BCUT2D eigenvalue weighted by molar-refractivity contribution is 0.0920. The summed E-state index contributed by atoms with van der Waals surface area (Å²) in [6.07, 6.45) is 0. The van der Waals surface area contributed by atoms with Gasteiger partial charge in [-0.05, 0) is 70.5 Å². The summed E-state index contributed by atoms with van der Waals surface area (Å²) in [5.41, 5.74) is 4.21. The highest BCUT2D eigenvalue weighted by molar-refractivity contribution is 6.09. The van der Waals surface area contributed by atoms with E-state index in [1.165, 1.54) is 0 Å². The standard InChI is InChI=1S/C24H28N4O2/c1-16-14-17(2)28(27-16)15-18-10-12-19(13-11-18)22(29)25-21-9-7-6-8-20(21)23(30)26-24(3,4)5/h6-14H,15H2,1-5H3,(H,25,29)(H,26,30). The van der Waals surface area contributed by atoms with Crippen LogP contribution in [0.1, 0.15) is 58.4 Å². The van der Waals surface area contributed by atoms with E-state index in [-0.39, 0.29) is 17.4 Å². The molecule has 0 radical (unpaired) electrons. The smallest absolute Gasteiger partial charge is 0.255 e. The molecule has 0 bridgehead atoms. The molecule has 3 aromatic rings. The second kappa shape index (κ2) is 8.53. The third kappa shape index (κ3) is 5.35. The number of hydrogen-bond donors (Lipinski definition) is 2. The van der Waals surface area contributed by atoms with Crippen LogP contribution in [0.3, 0.4) is 0 Å². The Morgan fingerprint density at radius 2 is 1.63 bits per heavy atom. The molecule has 0 saturated carbocycles. The second-order valence-corrected chi connectivity index (χ2v) is 8.49. The zero-order valence-electron chi connectivity index (χ0n) is 18.1. The van der Waals surface area contributed by atoms with Crippen LogP contribution in [0.5, 0.6) is 0 Å². The maximum Gasteiger partial charge on any atom is 0.255 e. The van der Waals surface area contributed by atoms with Crippen molar-refractivity contribution in [3.05, 3.63) is 82.7 Å². The molecule has 2 amide bonds. The Labute approximate surface area is 177 Å². The lowest BCUT2D eigenvalue weighted by atomic mass is 10.1. The molecule has 30 heavy (non-hydrogen) atoms. The zero-order valence-corrected chi connectivity index (χ0v) is 18.1. The van der Waals surface area contributed by atoms with E-state index < -0.39 is 0 Å². The van der Waals surface area contributed by atoms with Crippen LogP contribution in [0.15, 0.2) is 54.6 Å². The number of nitrogens with one attached hydrogen (secondary N) is 2. The predicted molar refractivity (Wildman–Crippen MR) is 119 cm³/mol. The Morgan fingerprint density at radius 3 is 2.23 bits per heavy atom. The lowest BCUT2D eigenvalue weighted by Crippen LogP contribution is -2.40. The molecular formula is C24H28N4O2. The molecule has 156 valence electrons. The van der Waals surface area contributed by atoms with Gasteiger partial charge in [0.05, 0.1) is 23.5 Å². The maximum absolute atomic E-state index is 12.7. The van der Waals surface area contributed by atoms with Crippen molar-refractivity contribution >= 4 is 17.5 Å². The van der Waals surface area contributed by atoms with Gasteiger partial charge < -0.3 is 10.6 Å². The fourth-order valence-corrected chi connectivity index (χ4v) is 3.16. The van der Waals surface area contributed by atoms with Gasteiger partial charge in [-0.1, -0.05) is 24.3 Å². The Hall–Kier alpha value is -3.41. The van der Waals surface area contributed by atoms with E-state index in [9.17, 15) is 9.59 Å². The second-order valence-electron chi connectivity index (χ2n) is 8.49. The van der Waals surface area contributed by atoms with E-state index in [1.807, 2.05) is 57.5 Å². The largest absolute Gasteiger partial charge is 0.347 e. The first-order valence-electron chi connectivity index (χ1n) is 9.95. The number of carbonyl (C=O) groups is 2. The lowest BCUT2D eigenvalue weighted by Gasteiger charge is -2.21. The first-order chi connectivity index (χ1) is 14.1. The number of anilines is 1. The fraction of sp³-hybridized carbons (Fsp3) is 0.292. The minimum Gasteiger partial charge on any atom is -0.347 e. The van der Waals surface area contributed by atoms with Crippen LogP contribution in [-0.4, -0.2) is 27.1 Å². The van der Waals surface area contributed by atoms with Crippen LogP contribution in [0, 0.1) is 13.8 Å². The van der Waals surface area contributed by atoms with E-state index in [4.69, 9.17) is 0 Å². The molecular weight excluding hydrogens is 376 g/mol. The highest BCUT2D eigenvalue weighted by Gasteiger charge is 2.19. The highest BCUT2D eigenvalue weighted by atomic mass is 16.2. The van der Waals surface area contributed by atoms with Crippen LogP contribution in [-0.2, 0) is 6.54 Å². The molecule has 0 saturated heterocycles. The number of carbonyl (C=O) groups excluding carboxylic acids is 2. The monoisotopic (exact) mass is 404 g/mol. The van der Waals surface area contributed by atoms with Crippen LogP contribution in [0.2, 0.25) is 0 Å². The highest BCUT2D eigenvalue weighted by Crippen LogP contribution is 2.18. The summed E-state index contributed by atoms with van der Waals surface area (Å²) in [6, 6.07) is 16.5. The third-order valence-corrected chi connectivity index (χ3v) is 4.56. The van der Waals surface area contributed by atoms with E-state index in [2.05, 4.69) is 15.7 Å². The number of aryl methyl sites for hydroxylation is 2. The maximum atomic E-state index is 12.7. The Balaban J connectivity index is 1.72.